The Labute approximate surface area is 70.5 Å². The van der Waals surface area contributed by atoms with E-state index in [4.69, 9.17) is 0 Å². The molecule has 1 aliphatic rings. The Hall–Kier alpha value is -0.0800. The maximum absolute atomic E-state index is 2.47. The average Bonchev–Trinajstić information content (AvgIpc) is 1.84. The minimum atomic E-state index is 0. The number of hydrogen-bond acceptors (Lipinski definition) is 1. The van der Waals surface area contributed by atoms with Gasteiger partial charge in [0, 0.05) is 11.7 Å². The molecule has 1 atom stereocenters. The lowest BCUT2D eigenvalue weighted by molar-refractivity contribution is 0.0547. The molecule has 1 heterocycles. The molecule has 0 amide bonds. The molecule has 0 spiro atoms. The molecule has 65 valence electrons. The fraction of sp³-hybridized carbons (Fsp3) is 1.00. The van der Waals surface area contributed by atoms with E-state index in [1.54, 1.807) is 0 Å². The van der Waals surface area contributed by atoms with Crippen LogP contribution in [-0.2, 0) is 0 Å². The number of hydrogen-bond donors (Lipinski definition) is 0. The molecule has 0 bridgehead atoms. The van der Waals surface area contributed by atoms with Crippen LogP contribution in [0, 0.1) is 5.92 Å². The molecular weight excluding hydrogens is 136 g/mol. The van der Waals surface area contributed by atoms with Crippen molar-refractivity contribution in [3.05, 3.63) is 0 Å². The highest BCUT2D eigenvalue weighted by atomic mass is 15.2. The molecule has 1 aliphatic heterocycles. The Balaban J connectivity index is 0.000001000. The fourth-order valence-electron chi connectivity index (χ4n) is 1.65. The third kappa shape index (κ3) is 1.94. The third-order valence-electron chi connectivity index (χ3n) is 3.32. The van der Waals surface area contributed by atoms with E-state index in [0.29, 0.717) is 5.54 Å². The molecule has 1 saturated heterocycles. The van der Waals surface area contributed by atoms with Gasteiger partial charge in [0.15, 0.2) is 0 Å². The average molecular weight is 155 g/mol. The van der Waals surface area contributed by atoms with Crippen LogP contribution in [0.5, 0.6) is 0 Å². The maximum atomic E-state index is 2.47. The predicted octanol–water partition coefficient (Wildman–Crippen LogP) is 1.65. The second-order valence-corrected chi connectivity index (χ2v) is 4.12. The predicted molar refractivity (Wildman–Crippen MR) is 47.2 cm³/mol. The van der Waals surface area contributed by atoms with E-state index in [0.717, 1.165) is 5.92 Å². The summed E-state index contributed by atoms with van der Waals surface area (Å²) in [5.41, 5.74) is 0.429. The third-order valence-corrected chi connectivity index (χ3v) is 3.32. The van der Waals surface area contributed by atoms with E-state index < -0.39 is 0 Å². The highest BCUT2D eigenvalue weighted by Crippen LogP contribution is 2.30. The quantitative estimate of drug-likeness (QED) is 0.523. The van der Waals surface area contributed by atoms with Gasteiger partial charge in [-0.3, -0.25) is 0 Å². The largest absolute Gasteiger partial charge is 0.301 e. The molecular formula is C9H19N2. The summed E-state index contributed by atoms with van der Waals surface area (Å²) in [5, 5.41) is 0. The summed E-state index contributed by atoms with van der Waals surface area (Å²) in [5.74, 6) is 0.853. The molecule has 0 aliphatic carbocycles. The molecule has 0 aromatic heterocycles. The fourth-order valence-corrected chi connectivity index (χ4v) is 1.65. The monoisotopic (exact) mass is 155 g/mol. The molecule has 1 fully saturated rings. The Bertz CT molecular complexity index is 109. The summed E-state index contributed by atoms with van der Waals surface area (Å²) in [7, 11) is 2.23. The Morgan fingerprint density at radius 2 is 1.91 bits per heavy atom. The molecule has 0 aromatic carbocycles. The van der Waals surface area contributed by atoms with Crippen molar-refractivity contribution in [1.29, 1.82) is 0 Å². The van der Waals surface area contributed by atoms with Gasteiger partial charge in [-0.1, -0.05) is 6.92 Å². The van der Waals surface area contributed by atoms with E-state index in [-0.39, 0.29) is 6.15 Å². The zero-order valence-corrected chi connectivity index (χ0v) is 8.09. The van der Waals surface area contributed by atoms with Gasteiger partial charge in [0.2, 0.25) is 0 Å². The van der Waals surface area contributed by atoms with Crippen LogP contribution in [-0.4, -0.2) is 24.0 Å². The van der Waals surface area contributed by atoms with Gasteiger partial charge in [0.25, 0.3) is 0 Å². The Morgan fingerprint density at radius 1 is 1.36 bits per heavy atom. The summed E-state index contributed by atoms with van der Waals surface area (Å²) in [6, 6.07) is 0. The first kappa shape index (κ1) is 10.9. The molecule has 2 nitrogen and oxygen atoms in total. The van der Waals surface area contributed by atoms with Gasteiger partial charge in [-0.2, -0.15) is 0 Å². The number of likely N-dealkylation sites (tertiary alicyclic amines) is 1. The van der Waals surface area contributed by atoms with Crippen molar-refractivity contribution in [1.82, 2.24) is 11.1 Å². The van der Waals surface area contributed by atoms with Crippen molar-refractivity contribution in [2.24, 2.45) is 5.92 Å². The van der Waals surface area contributed by atoms with Crippen LogP contribution < -0.4 is 6.15 Å². The molecule has 11 heavy (non-hydrogen) atoms. The van der Waals surface area contributed by atoms with Crippen LogP contribution in [0.25, 0.3) is 0 Å². The number of rotatable bonds is 0. The van der Waals surface area contributed by atoms with Gasteiger partial charge in [-0.05, 0) is 46.2 Å². The molecule has 1 unspecified atom stereocenters. The first-order valence-electron chi connectivity index (χ1n) is 4.26. The molecule has 0 aromatic rings. The van der Waals surface area contributed by atoms with Gasteiger partial charge in [0.05, 0.1) is 0 Å². The van der Waals surface area contributed by atoms with Crippen molar-refractivity contribution in [3.8, 4) is 0 Å². The number of nitrogens with zero attached hydrogens (tertiary/aromatic N) is 2. The molecule has 0 saturated carbocycles. The van der Waals surface area contributed by atoms with E-state index in [9.17, 15) is 0 Å². The first-order valence-corrected chi connectivity index (χ1v) is 4.26. The summed E-state index contributed by atoms with van der Waals surface area (Å²) in [4.78, 5) is 2.47. The van der Waals surface area contributed by atoms with Gasteiger partial charge in [-0.15, -0.1) is 0 Å². The first-order chi connectivity index (χ1) is 4.55. The normalized spacial score (nSPS) is 31.1. The minimum Gasteiger partial charge on any atom is -0.301 e. The molecule has 3 radical (unpaired) electrons. The van der Waals surface area contributed by atoms with Crippen molar-refractivity contribution in [2.75, 3.05) is 13.6 Å². The molecule has 2 heteroatoms. The van der Waals surface area contributed by atoms with Gasteiger partial charge < -0.3 is 4.90 Å². The number of piperidine rings is 1. The zero-order valence-electron chi connectivity index (χ0n) is 8.09. The lowest BCUT2D eigenvalue weighted by atomic mass is 9.81. The Kier molecular flexibility index (Phi) is 3.52. The van der Waals surface area contributed by atoms with Crippen LogP contribution in [0.4, 0.5) is 0 Å². The van der Waals surface area contributed by atoms with Crippen LogP contribution in [0.3, 0.4) is 0 Å². The molecule has 0 N–H and O–H groups in total. The highest BCUT2D eigenvalue weighted by Gasteiger charge is 2.32. The lowest BCUT2D eigenvalue weighted by Gasteiger charge is -2.44. The zero-order chi connectivity index (χ0) is 7.78. The summed E-state index contributed by atoms with van der Waals surface area (Å²) >= 11 is 0. The summed E-state index contributed by atoms with van der Waals surface area (Å²) in [6.45, 7) is 8.32. The summed E-state index contributed by atoms with van der Waals surface area (Å²) in [6.07, 6.45) is 2.78. The van der Waals surface area contributed by atoms with E-state index in [1.807, 2.05) is 0 Å². The second kappa shape index (κ2) is 3.55. The van der Waals surface area contributed by atoms with Crippen molar-refractivity contribution in [2.45, 2.75) is 39.2 Å². The van der Waals surface area contributed by atoms with Crippen molar-refractivity contribution in [3.63, 3.8) is 0 Å². The highest BCUT2D eigenvalue weighted by molar-refractivity contribution is 4.88. The van der Waals surface area contributed by atoms with Crippen molar-refractivity contribution < 1.29 is 0 Å². The van der Waals surface area contributed by atoms with Gasteiger partial charge >= 0.3 is 0 Å². The van der Waals surface area contributed by atoms with E-state index in [1.165, 1.54) is 19.4 Å². The van der Waals surface area contributed by atoms with Gasteiger partial charge in [0.1, 0.15) is 0 Å². The van der Waals surface area contributed by atoms with Crippen LogP contribution in [0.15, 0.2) is 0 Å². The SMILES string of the molecule is CC1CCCN(C)C1(C)C.[N]. The van der Waals surface area contributed by atoms with Gasteiger partial charge in [-0.25, -0.2) is 0 Å². The topological polar surface area (TPSA) is 33.7 Å². The van der Waals surface area contributed by atoms with Crippen molar-refractivity contribution >= 4 is 0 Å². The van der Waals surface area contributed by atoms with Crippen LogP contribution in [0.2, 0.25) is 0 Å². The lowest BCUT2D eigenvalue weighted by Crippen LogP contribution is -2.49. The van der Waals surface area contributed by atoms with Crippen LogP contribution >= 0.6 is 0 Å². The molecule has 1 rings (SSSR count). The minimum absolute atomic E-state index is 0. The summed E-state index contributed by atoms with van der Waals surface area (Å²) < 4.78 is 0. The Morgan fingerprint density at radius 3 is 2.27 bits per heavy atom. The maximum Gasteiger partial charge on any atom is 0.0175 e. The van der Waals surface area contributed by atoms with E-state index >= 15 is 0 Å². The van der Waals surface area contributed by atoms with Crippen LogP contribution in [0.1, 0.15) is 33.6 Å². The smallest absolute Gasteiger partial charge is 0.0175 e. The second-order valence-electron chi connectivity index (χ2n) is 4.12. The standard InChI is InChI=1S/C9H19N.N/c1-8-6-5-7-10(4)9(8,2)3;/h8H,5-7H2,1-4H3;. The van der Waals surface area contributed by atoms with E-state index in [2.05, 4.69) is 32.7 Å².